The normalized spacial score (nSPS) is 17.8. The van der Waals surface area contributed by atoms with E-state index in [1.807, 2.05) is 19.1 Å². The Hall–Kier alpha value is -2.37. The van der Waals surface area contributed by atoms with Crippen molar-refractivity contribution in [2.75, 3.05) is 13.1 Å². The molecular formula is C16H19N3O3. The molecule has 0 N–H and O–H groups in total. The lowest BCUT2D eigenvalue weighted by molar-refractivity contribution is 0.0769. The molecule has 6 nitrogen and oxygen atoms in total. The first-order valence-electron chi connectivity index (χ1n) is 7.36. The highest BCUT2D eigenvalue weighted by molar-refractivity contribution is 5.96. The van der Waals surface area contributed by atoms with Crippen molar-refractivity contribution in [3.8, 4) is 5.88 Å². The molecule has 1 saturated heterocycles. The highest BCUT2D eigenvalue weighted by atomic mass is 16.5. The summed E-state index contributed by atoms with van der Waals surface area (Å²) in [5.41, 5.74) is 2.29. The first-order chi connectivity index (χ1) is 10.5. The summed E-state index contributed by atoms with van der Waals surface area (Å²) < 4.78 is 10.9. The Labute approximate surface area is 129 Å². The molecule has 6 heteroatoms. The first-order valence-corrected chi connectivity index (χ1v) is 7.36. The van der Waals surface area contributed by atoms with Gasteiger partial charge in [0.2, 0.25) is 5.88 Å². The second kappa shape index (κ2) is 5.79. The maximum absolute atomic E-state index is 12.5. The second-order valence-corrected chi connectivity index (χ2v) is 5.65. The van der Waals surface area contributed by atoms with Gasteiger partial charge in [0, 0.05) is 25.2 Å². The molecule has 116 valence electrons. The molecule has 0 saturated carbocycles. The fourth-order valence-electron chi connectivity index (χ4n) is 2.65. The molecule has 0 bridgehead atoms. The van der Waals surface area contributed by atoms with Crippen molar-refractivity contribution >= 4 is 5.91 Å². The molecule has 0 radical (unpaired) electrons. The van der Waals surface area contributed by atoms with Crippen molar-refractivity contribution in [1.82, 2.24) is 15.0 Å². The van der Waals surface area contributed by atoms with Gasteiger partial charge >= 0.3 is 0 Å². The average Bonchev–Trinajstić information content (AvgIpc) is 3.08. The number of hydrogen-bond acceptors (Lipinski definition) is 5. The Morgan fingerprint density at radius 1 is 1.36 bits per heavy atom. The highest BCUT2D eigenvalue weighted by Crippen LogP contribution is 2.21. The molecular weight excluding hydrogens is 282 g/mol. The largest absolute Gasteiger partial charge is 0.472 e. The van der Waals surface area contributed by atoms with Crippen LogP contribution in [0, 0.1) is 20.8 Å². The molecule has 0 spiro atoms. The number of aromatic nitrogens is 2. The van der Waals surface area contributed by atoms with Crippen molar-refractivity contribution in [2.24, 2.45) is 0 Å². The van der Waals surface area contributed by atoms with Crippen LogP contribution < -0.4 is 4.74 Å². The quantitative estimate of drug-likeness (QED) is 0.870. The third-order valence-corrected chi connectivity index (χ3v) is 3.85. The molecule has 1 atom stereocenters. The number of rotatable bonds is 3. The van der Waals surface area contributed by atoms with Gasteiger partial charge in [-0.2, -0.15) is 0 Å². The van der Waals surface area contributed by atoms with Crippen LogP contribution in [0.2, 0.25) is 0 Å². The number of amides is 1. The molecule has 1 aliphatic heterocycles. The van der Waals surface area contributed by atoms with Gasteiger partial charge in [0.25, 0.3) is 5.91 Å². The standard InChI is InChI=1S/C16H19N3O3/c1-10-4-5-14(17-8-10)21-13-6-7-19(9-13)16(20)15-11(2)18-22-12(15)3/h4-5,8,13H,6-7,9H2,1-3H3. The minimum atomic E-state index is -0.0424. The zero-order chi connectivity index (χ0) is 15.7. The molecule has 1 aliphatic rings. The van der Waals surface area contributed by atoms with E-state index in [-0.39, 0.29) is 12.0 Å². The lowest BCUT2D eigenvalue weighted by Gasteiger charge is -2.16. The van der Waals surface area contributed by atoms with Gasteiger partial charge in [-0.1, -0.05) is 11.2 Å². The van der Waals surface area contributed by atoms with E-state index >= 15 is 0 Å². The fraction of sp³-hybridized carbons (Fsp3) is 0.438. The number of aryl methyl sites for hydroxylation is 3. The Bertz CT molecular complexity index is 659. The van der Waals surface area contributed by atoms with Crippen LogP contribution in [0.3, 0.4) is 0 Å². The van der Waals surface area contributed by atoms with Crippen molar-refractivity contribution in [3.05, 3.63) is 40.9 Å². The molecule has 2 aromatic heterocycles. The van der Waals surface area contributed by atoms with Crippen molar-refractivity contribution in [2.45, 2.75) is 33.3 Å². The van der Waals surface area contributed by atoms with Gasteiger partial charge in [-0.25, -0.2) is 4.98 Å². The van der Waals surface area contributed by atoms with Crippen molar-refractivity contribution in [1.29, 1.82) is 0 Å². The summed E-state index contributed by atoms with van der Waals surface area (Å²) in [6, 6.07) is 3.82. The van der Waals surface area contributed by atoms with Crippen LogP contribution >= 0.6 is 0 Å². The van der Waals surface area contributed by atoms with E-state index in [0.29, 0.717) is 36.0 Å². The van der Waals surface area contributed by atoms with Gasteiger partial charge in [0.1, 0.15) is 17.4 Å². The molecule has 2 aromatic rings. The van der Waals surface area contributed by atoms with Gasteiger partial charge in [-0.15, -0.1) is 0 Å². The van der Waals surface area contributed by atoms with E-state index in [4.69, 9.17) is 9.26 Å². The minimum Gasteiger partial charge on any atom is -0.472 e. The molecule has 3 rings (SSSR count). The van der Waals surface area contributed by atoms with E-state index in [1.165, 1.54) is 0 Å². The van der Waals surface area contributed by atoms with E-state index in [2.05, 4.69) is 10.1 Å². The Morgan fingerprint density at radius 2 is 2.18 bits per heavy atom. The summed E-state index contributed by atoms with van der Waals surface area (Å²) in [4.78, 5) is 18.6. The summed E-state index contributed by atoms with van der Waals surface area (Å²) in [5, 5.41) is 3.84. The molecule has 0 aromatic carbocycles. The number of ether oxygens (including phenoxy) is 1. The Kier molecular flexibility index (Phi) is 3.83. The summed E-state index contributed by atoms with van der Waals surface area (Å²) in [7, 11) is 0. The summed E-state index contributed by atoms with van der Waals surface area (Å²) >= 11 is 0. The van der Waals surface area contributed by atoms with Crippen LogP contribution in [0.1, 0.15) is 33.8 Å². The zero-order valence-corrected chi connectivity index (χ0v) is 13.0. The fourth-order valence-corrected chi connectivity index (χ4v) is 2.65. The minimum absolute atomic E-state index is 0.0281. The molecule has 1 amide bonds. The number of carbonyl (C=O) groups excluding carboxylic acids is 1. The smallest absolute Gasteiger partial charge is 0.259 e. The van der Waals surface area contributed by atoms with E-state index in [1.54, 1.807) is 24.9 Å². The average molecular weight is 301 g/mol. The van der Waals surface area contributed by atoms with Crippen molar-refractivity contribution < 1.29 is 14.1 Å². The molecule has 22 heavy (non-hydrogen) atoms. The Morgan fingerprint density at radius 3 is 2.82 bits per heavy atom. The summed E-state index contributed by atoms with van der Waals surface area (Å²) in [6.07, 6.45) is 2.54. The van der Waals surface area contributed by atoms with Crippen LogP contribution in [-0.4, -0.2) is 40.1 Å². The number of carbonyl (C=O) groups is 1. The highest BCUT2D eigenvalue weighted by Gasteiger charge is 2.31. The molecule has 0 aliphatic carbocycles. The van der Waals surface area contributed by atoms with Gasteiger partial charge in [-0.3, -0.25) is 4.79 Å². The van der Waals surface area contributed by atoms with Crippen molar-refractivity contribution in [3.63, 3.8) is 0 Å². The van der Waals surface area contributed by atoms with Crippen LogP contribution in [0.4, 0.5) is 0 Å². The summed E-state index contributed by atoms with van der Waals surface area (Å²) in [5.74, 6) is 1.12. The monoisotopic (exact) mass is 301 g/mol. The molecule has 1 unspecified atom stereocenters. The number of likely N-dealkylation sites (tertiary alicyclic amines) is 1. The molecule has 1 fully saturated rings. The first kappa shape index (κ1) is 14.6. The van der Waals surface area contributed by atoms with Gasteiger partial charge in [0.05, 0.1) is 12.2 Å². The number of pyridine rings is 1. The Balaban J connectivity index is 1.65. The third kappa shape index (κ3) is 2.81. The van der Waals surface area contributed by atoms with Gasteiger partial charge in [0.15, 0.2) is 0 Å². The summed E-state index contributed by atoms with van der Waals surface area (Å²) in [6.45, 7) is 6.74. The molecule has 3 heterocycles. The SMILES string of the molecule is Cc1ccc(OC2CCN(C(=O)c3c(C)noc3C)C2)nc1. The van der Waals surface area contributed by atoms with E-state index in [9.17, 15) is 4.79 Å². The second-order valence-electron chi connectivity index (χ2n) is 5.65. The lowest BCUT2D eigenvalue weighted by Crippen LogP contribution is -2.31. The van der Waals surface area contributed by atoms with Crippen LogP contribution in [-0.2, 0) is 0 Å². The van der Waals surface area contributed by atoms with Crippen LogP contribution in [0.15, 0.2) is 22.9 Å². The predicted octanol–water partition coefficient (Wildman–Crippen LogP) is 2.29. The van der Waals surface area contributed by atoms with E-state index in [0.717, 1.165) is 12.0 Å². The van der Waals surface area contributed by atoms with E-state index < -0.39 is 0 Å². The van der Waals surface area contributed by atoms with Crippen LogP contribution in [0.5, 0.6) is 5.88 Å². The third-order valence-electron chi connectivity index (χ3n) is 3.85. The number of nitrogens with zero attached hydrogens (tertiary/aromatic N) is 3. The van der Waals surface area contributed by atoms with Gasteiger partial charge < -0.3 is 14.2 Å². The topological polar surface area (TPSA) is 68.5 Å². The zero-order valence-electron chi connectivity index (χ0n) is 13.0. The number of hydrogen-bond donors (Lipinski definition) is 0. The van der Waals surface area contributed by atoms with Gasteiger partial charge in [-0.05, 0) is 26.3 Å². The maximum atomic E-state index is 12.5. The maximum Gasteiger partial charge on any atom is 0.259 e. The van der Waals surface area contributed by atoms with Crippen LogP contribution in [0.25, 0.3) is 0 Å². The lowest BCUT2D eigenvalue weighted by atomic mass is 10.2. The predicted molar refractivity (Wildman–Crippen MR) is 79.9 cm³/mol.